The fourth-order valence-corrected chi connectivity index (χ4v) is 3.80. The van der Waals surface area contributed by atoms with Crippen molar-refractivity contribution in [3.63, 3.8) is 0 Å². The Labute approximate surface area is 165 Å². The molecule has 0 radical (unpaired) electrons. The minimum absolute atomic E-state index is 0.0587. The molecule has 0 aromatic carbocycles. The molecule has 3 heterocycles. The summed E-state index contributed by atoms with van der Waals surface area (Å²) in [6.07, 6.45) is 6.62. The molecule has 8 heteroatoms. The van der Waals surface area contributed by atoms with Crippen molar-refractivity contribution < 1.29 is 4.79 Å². The predicted molar refractivity (Wildman–Crippen MR) is 108 cm³/mol. The first-order valence-corrected chi connectivity index (χ1v) is 10.2. The number of piperidine rings is 1. The summed E-state index contributed by atoms with van der Waals surface area (Å²) in [6.45, 7) is 8.10. The maximum atomic E-state index is 12.6. The van der Waals surface area contributed by atoms with Gasteiger partial charge in [-0.05, 0) is 43.7 Å². The summed E-state index contributed by atoms with van der Waals surface area (Å²) in [5.41, 5.74) is 1.36. The highest BCUT2D eigenvalue weighted by Gasteiger charge is 2.27. The van der Waals surface area contributed by atoms with Crippen LogP contribution in [-0.4, -0.2) is 45.0 Å². The third-order valence-electron chi connectivity index (χ3n) is 5.21. The Balaban J connectivity index is 1.52. The van der Waals surface area contributed by atoms with Gasteiger partial charge in [-0.15, -0.1) is 0 Å². The maximum absolute atomic E-state index is 12.6. The molecule has 7 nitrogen and oxygen atoms in total. The molecule has 0 spiro atoms. The van der Waals surface area contributed by atoms with Gasteiger partial charge in [0.15, 0.2) is 11.5 Å². The number of H-pyrrole nitrogens is 1. The molecule has 0 aliphatic carbocycles. The number of nitrogens with one attached hydrogen (secondary N) is 2. The Bertz CT molecular complexity index is 769. The number of hydrogen-bond donors (Lipinski definition) is 2. The molecule has 2 aromatic heterocycles. The number of nitrogens with zero attached hydrogens (tertiary/aromatic N) is 4. The first-order valence-electron chi connectivity index (χ1n) is 9.86. The number of anilines is 1. The highest BCUT2D eigenvalue weighted by atomic mass is 35.5. The molecule has 27 heavy (non-hydrogen) atoms. The van der Waals surface area contributed by atoms with Crippen LogP contribution in [0.3, 0.4) is 0 Å². The zero-order valence-corrected chi connectivity index (χ0v) is 17.1. The van der Waals surface area contributed by atoms with E-state index < -0.39 is 0 Å². The van der Waals surface area contributed by atoms with E-state index in [9.17, 15) is 4.79 Å². The lowest BCUT2D eigenvalue weighted by molar-refractivity contribution is -0.126. The zero-order valence-electron chi connectivity index (χ0n) is 16.3. The summed E-state index contributed by atoms with van der Waals surface area (Å²) < 4.78 is 0. The zero-order chi connectivity index (χ0) is 19.4. The van der Waals surface area contributed by atoms with Crippen LogP contribution in [0.4, 0.5) is 5.82 Å². The van der Waals surface area contributed by atoms with E-state index in [0.29, 0.717) is 11.6 Å². The fraction of sp³-hybridized carbons (Fsp3) is 0.684. The first kappa shape index (κ1) is 19.9. The van der Waals surface area contributed by atoms with Crippen LogP contribution in [0.5, 0.6) is 0 Å². The summed E-state index contributed by atoms with van der Waals surface area (Å²) in [5.74, 6) is 1.72. The lowest BCUT2D eigenvalue weighted by Gasteiger charge is -2.32. The molecule has 0 unspecified atom stereocenters. The molecular weight excluding hydrogens is 364 g/mol. The SMILES string of the molecule is CC(C)CCC[C@@H](C)NC(=O)C1CCN(c2nc(Cl)nc3nc[nH]c23)CC1. The van der Waals surface area contributed by atoms with Crippen molar-refractivity contribution in [3.8, 4) is 0 Å². The Morgan fingerprint density at radius 3 is 2.74 bits per heavy atom. The molecule has 3 rings (SSSR count). The van der Waals surface area contributed by atoms with Gasteiger partial charge in [0.2, 0.25) is 11.2 Å². The second-order valence-electron chi connectivity index (χ2n) is 7.91. The van der Waals surface area contributed by atoms with Crippen molar-refractivity contribution in [2.75, 3.05) is 18.0 Å². The molecule has 1 aliphatic rings. The first-order chi connectivity index (χ1) is 12.9. The normalized spacial score (nSPS) is 16.9. The number of imidazole rings is 1. The number of amides is 1. The van der Waals surface area contributed by atoms with Crippen LogP contribution in [0.25, 0.3) is 11.2 Å². The monoisotopic (exact) mass is 392 g/mol. The van der Waals surface area contributed by atoms with Gasteiger partial charge in [-0.25, -0.2) is 4.98 Å². The molecule has 1 atom stereocenters. The third-order valence-corrected chi connectivity index (χ3v) is 5.38. The third kappa shape index (κ3) is 5.09. The summed E-state index contributed by atoms with van der Waals surface area (Å²) in [5, 5.41) is 3.39. The van der Waals surface area contributed by atoms with Crippen LogP contribution >= 0.6 is 11.6 Å². The number of aromatic amines is 1. The quantitative estimate of drug-likeness (QED) is 0.703. The lowest BCUT2D eigenvalue weighted by Crippen LogP contribution is -2.43. The molecule has 2 aromatic rings. The van der Waals surface area contributed by atoms with E-state index in [4.69, 9.17) is 11.6 Å². The number of carbonyl (C=O) groups excluding carboxylic acids is 1. The number of halogens is 1. The minimum Gasteiger partial charge on any atom is -0.355 e. The summed E-state index contributed by atoms with van der Waals surface area (Å²) >= 11 is 6.03. The summed E-state index contributed by atoms with van der Waals surface area (Å²) in [7, 11) is 0. The van der Waals surface area contributed by atoms with Crippen LogP contribution in [0.1, 0.15) is 52.9 Å². The molecule has 1 saturated heterocycles. The molecule has 2 N–H and O–H groups in total. The highest BCUT2D eigenvalue weighted by Crippen LogP contribution is 2.27. The van der Waals surface area contributed by atoms with E-state index in [2.05, 4.69) is 50.9 Å². The predicted octanol–water partition coefficient (Wildman–Crippen LogP) is 3.55. The lowest BCUT2D eigenvalue weighted by atomic mass is 9.95. The molecule has 0 saturated carbocycles. The van der Waals surface area contributed by atoms with Gasteiger partial charge >= 0.3 is 0 Å². The number of hydrogen-bond acceptors (Lipinski definition) is 5. The van der Waals surface area contributed by atoms with Crippen molar-refractivity contribution in [3.05, 3.63) is 11.6 Å². The smallest absolute Gasteiger partial charge is 0.226 e. The largest absolute Gasteiger partial charge is 0.355 e. The average molecular weight is 393 g/mol. The number of fused-ring (bicyclic) bond motifs is 1. The summed E-state index contributed by atoms with van der Waals surface area (Å²) in [6, 6.07) is 0.236. The van der Waals surface area contributed by atoms with E-state index in [-0.39, 0.29) is 23.2 Å². The van der Waals surface area contributed by atoms with E-state index in [1.165, 1.54) is 6.42 Å². The van der Waals surface area contributed by atoms with Crippen molar-refractivity contribution in [2.24, 2.45) is 11.8 Å². The van der Waals surface area contributed by atoms with Crippen molar-refractivity contribution >= 4 is 34.5 Å². The topological polar surface area (TPSA) is 86.8 Å². The van der Waals surface area contributed by atoms with Gasteiger partial charge in [0, 0.05) is 25.0 Å². The van der Waals surface area contributed by atoms with Gasteiger partial charge in [0.1, 0.15) is 5.52 Å². The van der Waals surface area contributed by atoms with E-state index in [0.717, 1.165) is 50.1 Å². The molecule has 1 fully saturated rings. The van der Waals surface area contributed by atoms with E-state index in [1.807, 2.05) is 0 Å². The number of carbonyl (C=O) groups is 1. The maximum Gasteiger partial charge on any atom is 0.226 e. The van der Waals surface area contributed by atoms with Gasteiger partial charge in [0.05, 0.1) is 6.33 Å². The second kappa shape index (κ2) is 8.87. The minimum atomic E-state index is 0.0587. The van der Waals surface area contributed by atoms with Crippen LogP contribution in [0, 0.1) is 11.8 Å². The van der Waals surface area contributed by atoms with Gasteiger partial charge in [-0.3, -0.25) is 4.79 Å². The Hall–Kier alpha value is -1.89. The molecule has 1 aliphatic heterocycles. The second-order valence-corrected chi connectivity index (χ2v) is 8.25. The van der Waals surface area contributed by atoms with Crippen LogP contribution in [0.2, 0.25) is 5.28 Å². The Morgan fingerprint density at radius 1 is 1.30 bits per heavy atom. The Morgan fingerprint density at radius 2 is 2.04 bits per heavy atom. The van der Waals surface area contributed by atoms with Gasteiger partial charge in [0.25, 0.3) is 0 Å². The molecule has 148 valence electrons. The van der Waals surface area contributed by atoms with Crippen molar-refractivity contribution in [1.82, 2.24) is 25.3 Å². The van der Waals surface area contributed by atoms with Gasteiger partial charge in [-0.2, -0.15) is 9.97 Å². The fourth-order valence-electron chi connectivity index (χ4n) is 3.64. The molecular formula is C19H29ClN6O. The Kier molecular flexibility index (Phi) is 6.52. The van der Waals surface area contributed by atoms with Crippen LogP contribution < -0.4 is 10.2 Å². The van der Waals surface area contributed by atoms with Crippen molar-refractivity contribution in [2.45, 2.75) is 58.9 Å². The van der Waals surface area contributed by atoms with Crippen LogP contribution in [0.15, 0.2) is 6.33 Å². The molecule has 0 bridgehead atoms. The summed E-state index contributed by atoms with van der Waals surface area (Å²) in [4.78, 5) is 30.5. The highest BCUT2D eigenvalue weighted by molar-refractivity contribution is 6.28. The van der Waals surface area contributed by atoms with E-state index >= 15 is 0 Å². The molecule has 1 amide bonds. The standard InChI is InChI=1S/C19H29ClN6O/c1-12(2)5-4-6-13(3)23-18(27)14-7-9-26(10-8-14)17-15-16(22-11-21-15)24-19(20)25-17/h11-14H,4-10H2,1-3H3,(H,23,27)(H,21,22,24,25)/t13-/m1/s1. The number of aromatic nitrogens is 4. The van der Waals surface area contributed by atoms with Gasteiger partial charge < -0.3 is 15.2 Å². The van der Waals surface area contributed by atoms with E-state index in [1.54, 1.807) is 6.33 Å². The van der Waals surface area contributed by atoms with Crippen LogP contribution in [-0.2, 0) is 4.79 Å². The van der Waals surface area contributed by atoms with Crippen molar-refractivity contribution in [1.29, 1.82) is 0 Å². The average Bonchev–Trinajstić information content (AvgIpc) is 3.09. The van der Waals surface area contributed by atoms with Gasteiger partial charge in [-0.1, -0.05) is 26.7 Å². The number of rotatable bonds is 7.